The molecule has 20 heavy (non-hydrogen) atoms. The van der Waals surface area contributed by atoms with Crippen LogP contribution in [0.3, 0.4) is 0 Å². The number of amides is 1. The molecule has 2 aliphatic rings. The SMILES string of the molecule is CC1CNCC1C(=O)N1c2ccccc2CC1C(=O)O. The molecule has 3 rings (SSSR count). The van der Waals surface area contributed by atoms with Crippen LogP contribution in [-0.2, 0) is 16.0 Å². The molecule has 2 aliphatic heterocycles. The van der Waals surface area contributed by atoms with E-state index in [0.717, 1.165) is 17.8 Å². The maximum absolute atomic E-state index is 12.8. The molecule has 1 amide bonds. The first-order valence-electron chi connectivity index (χ1n) is 6.94. The largest absolute Gasteiger partial charge is 0.480 e. The first-order chi connectivity index (χ1) is 9.59. The third-order valence-electron chi connectivity index (χ3n) is 4.33. The zero-order chi connectivity index (χ0) is 14.3. The Morgan fingerprint density at radius 3 is 2.70 bits per heavy atom. The average Bonchev–Trinajstić information content (AvgIpc) is 3.01. The number of carboxylic acids is 1. The molecule has 106 valence electrons. The summed E-state index contributed by atoms with van der Waals surface area (Å²) in [7, 11) is 0. The Balaban J connectivity index is 1.96. The van der Waals surface area contributed by atoms with Gasteiger partial charge in [-0.3, -0.25) is 9.69 Å². The minimum atomic E-state index is -0.937. The van der Waals surface area contributed by atoms with Gasteiger partial charge in [0.2, 0.25) is 5.91 Å². The van der Waals surface area contributed by atoms with E-state index in [1.54, 1.807) is 0 Å². The van der Waals surface area contributed by atoms with E-state index in [2.05, 4.69) is 5.32 Å². The summed E-state index contributed by atoms with van der Waals surface area (Å²) in [5.74, 6) is -0.902. The molecule has 1 aromatic carbocycles. The summed E-state index contributed by atoms with van der Waals surface area (Å²) in [4.78, 5) is 25.7. The van der Waals surface area contributed by atoms with Crippen LogP contribution in [0.4, 0.5) is 5.69 Å². The molecule has 0 radical (unpaired) electrons. The van der Waals surface area contributed by atoms with Gasteiger partial charge in [-0.2, -0.15) is 0 Å². The van der Waals surface area contributed by atoms with Gasteiger partial charge in [0, 0.05) is 18.7 Å². The Labute approximate surface area is 117 Å². The zero-order valence-electron chi connectivity index (χ0n) is 11.4. The van der Waals surface area contributed by atoms with Crippen molar-refractivity contribution in [1.82, 2.24) is 5.32 Å². The number of carboxylic acid groups (broad SMARTS) is 1. The maximum atomic E-state index is 12.8. The molecule has 0 saturated carbocycles. The highest BCUT2D eigenvalue weighted by Gasteiger charge is 2.42. The number of nitrogens with one attached hydrogen (secondary N) is 1. The Morgan fingerprint density at radius 2 is 2.05 bits per heavy atom. The van der Waals surface area contributed by atoms with Crippen LogP contribution in [0.2, 0.25) is 0 Å². The van der Waals surface area contributed by atoms with Gasteiger partial charge in [-0.15, -0.1) is 0 Å². The standard InChI is InChI=1S/C15H18N2O3/c1-9-7-16-8-11(9)14(18)17-12-5-3-2-4-10(12)6-13(17)15(19)20/h2-5,9,11,13,16H,6-8H2,1H3,(H,19,20). The third-order valence-corrected chi connectivity index (χ3v) is 4.33. The van der Waals surface area contributed by atoms with E-state index in [-0.39, 0.29) is 17.7 Å². The molecule has 0 aromatic heterocycles. The van der Waals surface area contributed by atoms with E-state index in [1.165, 1.54) is 4.90 Å². The molecular formula is C15H18N2O3. The predicted molar refractivity (Wildman–Crippen MR) is 74.6 cm³/mol. The van der Waals surface area contributed by atoms with E-state index in [1.807, 2.05) is 31.2 Å². The Morgan fingerprint density at radius 1 is 1.30 bits per heavy atom. The van der Waals surface area contributed by atoms with Crippen LogP contribution < -0.4 is 10.2 Å². The van der Waals surface area contributed by atoms with Gasteiger partial charge >= 0.3 is 5.97 Å². The molecule has 3 unspecified atom stereocenters. The summed E-state index contributed by atoms with van der Waals surface area (Å²) in [5, 5.41) is 12.6. The molecule has 3 atom stereocenters. The fourth-order valence-electron chi connectivity index (χ4n) is 3.18. The van der Waals surface area contributed by atoms with Crippen LogP contribution in [-0.4, -0.2) is 36.1 Å². The lowest BCUT2D eigenvalue weighted by Crippen LogP contribution is -2.47. The van der Waals surface area contributed by atoms with Crippen molar-refractivity contribution < 1.29 is 14.7 Å². The zero-order valence-corrected chi connectivity index (χ0v) is 11.4. The monoisotopic (exact) mass is 274 g/mol. The summed E-state index contributed by atoms with van der Waals surface area (Å²) in [6.45, 7) is 3.47. The average molecular weight is 274 g/mol. The molecule has 1 saturated heterocycles. The molecule has 0 bridgehead atoms. The first-order valence-corrected chi connectivity index (χ1v) is 6.94. The maximum Gasteiger partial charge on any atom is 0.327 e. The summed E-state index contributed by atoms with van der Waals surface area (Å²) < 4.78 is 0. The van der Waals surface area contributed by atoms with Crippen molar-refractivity contribution in [3.8, 4) is 0 Å². The number of rotatable bonds is 2. The molecule has 5 nitrogen and oxygen atoms in total. The fourth-order valence-corrected chi connectivity index (χ4v) is 3.18. The van der Waals surface area contributed by atoms with Gasteiger partial charge in [0.05, 0.1) is 5.92 Å². The van der Waals surface area contributed by atoms with Crippen LogP contribution >= 0.6 is 0 Å². The van der Waals surface area contributed by atoms with Crippen molar-refractivity contribution in [2.75, 3.05) is 18.0 Å². The van der Waals surface area contributed by atoms with E-state index >= 15 is 0 Å². The number of anilines is 1. The highest BCUT2D eigenvalue weighted by molar-refractivity contribution is 6.03. The van der Waals surface area contributed by atoms with E-state index in [0.29, 0.717) is 13.0 Å². The van der Waals surface area contributed by atoms with Crippen LogP contribution in [0, 0.1) is 11.8 Å². The van der Waals surface area contributed by atoms with Crippen LogP contribution in [0.1, 0.15) is 12.5 Å². The highest BCUT2D eigenvalue weighted by Crippen LogP contribution is 2.34. The second-order valence-corrected chi connectivity index (χ2v) is 5.64. The minimum Gasteiger partial charge on any atom is -0.480 e. The van der Waals surface area contributed by atoms with Gasteiger partial charge < -0.3 is 10.4 Å². The second kappa shape index (κ2) is 4.90. The van der Waals surface area contributed by atoms with Gasteiger partial charge in [-0.25, -0.2) is 4.79 Å². The van der Waals surface area contributed by atoms with Crippen LogP contribution in [0.5, 0.6) is 0 Å². The van der Waals surface area contributed by atoms with Gasteiger partial charge in [-0.1, -0.05) is 25.1 Å². The summed E-state index contributed by atoms with van der Waals surface area (Å²) in [6, 6.07) is 6.69. The van der Waals surface area contributed by atoms with Crippen molar-refractivity contribution >= 4 is 17.6 Å². The lowest BCUT2D eigenvalue weighted by atomic mass is 9.96. The predicted octanol–water partition coefficient (Wildman–Crippen LogP) is 0.884. The highest BCUT2D eigenvalue weighted by atomic mass is 16.4. The van der Waals surface area contributed by atoms with Gasteiger partial charge in [0.1, 0.15) is 6.04 Å². The van der Waals surface area contributed by atoms with Crippen molar-refractivity contribution in [3.05, 3.63) is 29.8 Å². The topological polar surface area (TPSA) is 69.6 Å². The Bertz CT molecular complexity index is 558. The quantitative estimate of drug-likeness (QED) is 0.840. The van der Waals surface area contributed by atoms with E-state index in [4.69, 9.17) is 0 Å². The number of aliphatic carboxylic acids is 1. The minimum absolute atomic E-state index is 0.0696. The number of fused-ring (bicyclic) bond motifs is 1. The first kappa shape index (κ1) is 13.1. The Hall–Kier alpha value is -1.88. The normalized spacial score (nSPS) is 28.4. The second-order valence-electron chi connectivity index (χ2n) is 5.64. The van der Waals surface area contributed by atoms with Crippen molar-refractivity contribution in [3.63, 3.8) is 0 Å². The molecular weight excluding hydrogens is 256 g/mol. The number of carbonyl (C=O) groups excluding carboxylic acids is 1. The van der Waals surface area contributed by atoms with E-state index in [9.17, 15) is 14.7 Å². The van der Waals surface area contributed by atoms with Gasteiger partial charge in [-0.05, 0) is 24.1 Å². The van der Waals surface area contributed by atoms with Crippen molar-refractivity contribution in [1.29, 1.82) is 0 Å². The number of carbonyl (C=O) groups is 2. The smallest absolute Gasteiger partial charge is 0.327 e. The van der Waals surface area contributed by atoms with Crippen LogP contribution in [0.15, 0.2) is 24.3 Å². The number of nitrogens with zero attached hydrogens (tertiary/aromatic N) is 1. The molecule has 2 heterocycles. The van der Waals surface area contributed by atoms with Crippen molar-refractivity contribution in [2.24, 2.45) is 11.8 Å². The molecule has 5 heteroatoms. The lowest BCUT2D eigenvalue weighted by molar-refractivity contribution is -0.140. The summed E-state index contributed by atoms with van der Waals surface area (Å²) >= 11 is 0. The Kier molecular flexibility index (Phi) is 3.22. The molecule has 0 aliphatic carbocycles. The van der Waals surface area contributed by atoms with Crippen molar-refractivity contribution in [2.45, 2.75) is 19.4 Å². The third kappa shape index (κ3) is 1.98. The number of benzene rings is 1. The molecule has 1 aromatic rings. The fraction of sp³-hybridized carbons (Fsp3) is 0.467. The number of para-hydroxylation sites is 1. The van der Waals surface area contributed by atoms with E-state index < -0.39 is 12.0 Å². The van der Waals surface area contributed by atoms with Gasteiger partial charge in [0.25, 0.3) is 0 Å². The number of hydrogen-bond acceptors (Lipinski definition) is 3. The molecule has 2 N–H and O–H groups in total. The molecule has 1 fully saturated rings. The van der Waals surface area contributed by atoms with Gasteiger partial charge in [0.15, 0.2) is 0 Å². The lowest BCUT2D eigenvalue weighted by Gasteiger charge is -2.27. The number of hydrogen-bond donors (Lipinski definition) is 2. The van der Waals surface area contributed by atoms with Crippen LogP contribution in [0.25, 0.3) is 0 Å². The summed E-state index contributed by atoms with van der Waals surface area (Å²) in [5.41, 5.74) is 1.69. The summed E-state index contributed by atoms with van der Waals surface area (Å²) in [6.07, 6.45) is 0.395. The molecule has 0 spiro atoms.